The third kappa shape index (κ3) is 39.3. The van der Waals surface area contributed by atoms with Crippen molar-refractivity contribution in [3.63, 3.8) is 0 Å². The fourth-order valence-corrected chi connectivity index (χ4v) is 7.36. The molecule has 0 radical (unpaired) electrons. The van der Waals surface area contributed by atoms with Gasteiger partial charge >= 0.3 is 11.9 Å². The zero-order valence-corrected chi connectivity index (χ0v) is 38.3. The van der Waals surface area contributed by atoms with Gasteiger partial charge in [0.05, 0.1) is 40.3 Å². The number of carbonyl (C=O) groups excluding carboxylic acids is 3. The van der Waals surface area contributed by atoms with Crippen molar-refractivity contribution in [1.29, 1.82) is 0 Å². The lowest BCUT2D eigenvalue weighted by Gasteiger charge is -2.34. The number of likely N-dealkylation sites (N-methyl/N-ethyl adjacent to an activating group) is 1. The maximum Gasteiger partial charge on any atom is 0.306 e. The molecule has 0 aliphatic rings. The Kier molecular flexibility index (Phi) is 39.4. The van der Waals surface area contributed by atoms with Gasteiger partial charge in [0.15, 0.2) is 6.10 Å². The molecule has 0 spiro atoms. The van der Waals surface area contributed by atoms with E-state index in [0.29, 0.717) is 12.8 Å². The minimum Gasteiger partial charge on any atom is -0.544 e. The average Bonchev–Trinajstić information content (AvgIpc) is 3.17. The molecule has 8 heteroatoms. The second-order valence-electron chi connectivity index (χ2n) is 17.7. The molecule has 0 aromatic heterocycles. The van der Waals surface area contributed by atoms with Crippen LogP contribution in [0.25, 0.3) is 0 Å². The van der Waals surface area contributed by atoms with Crippen molar-refractivity contribution >= 4 is 17.9 Å². The lowest BCUT2D eigenvalue weighted by molar-refractivity contribution is -0.889. The Bertz CT molecular complexity index is 947. The number of rotatable bonds is 44. The molecule has 0 aromatic rings. The standard InChI is InChI=1S/C49H93NO7/c1-6-8-10-12-14-16-18-20-21-22-23-24-25-26-27-28-30-31-33-35-37-39-47(51)56-44-45(43-55-42-41-46(49(53)54)50(3,4)5)57-48(52)40-38-36-34-32-29-19-17-15-13-11-9-7-2/h24-25,45-46H,6-23,26-44H2,1-5H3/b25-24+. The van der Waals surface area contributed by atoms with Gasteiger partial charge in [-0.3, -0.25) is 9.59 Å². The molecular formula is C49H93NO7. The lowest BCUT2D eigenvalue weighted by Crippen LogP contribution is -2.55. The number of carboxylic acid groups (broad SMARTS) is 1. The highest BCUT2D eigenvalue weighted by molar-refractivity contribution is 5.70. The number of carboxylic acids is 1. The number of nitrogens with zero attached hydrogens (tertiary/aromatic N) is 1. The second kappa shape index (κ2) is 40.8. The van der Waals surface area contributed by atoms with Crippen LogP contribution in [0.2, 0.25) is 0 Å². The van der Waals surface area contributed by atoms with Crippen LogP contribution in [0.3, 0.4) is 0 Å². The fraction of sp³-hybridized carbons (Fsp3) is 0.898. The molecule has 336 valence electrons. The summed E-state index contributed by atoms with van der Waals surface area (Å²) in [7, 11) is 5.42. The van der Waals surface area contributed by atoms with Crippen LogP contribution in [-0.4, -0.2) is 75.5 Å². The summed E-state index contributed by atoms with van der Waals surface area (Å²) >= 11 is 0. The van der Waals surface area contributed by atoms with Gasteiger partial charge in [0.2, 0.25) is 0 Å². The van der Waals surface area contributed by atoms with Crippen LogP contribution in [0.5, 0.6) is 0 Å². The molecule has 0 aliphatic heterocycles. The van der Waals surface area contributed by atoms with Gasteiger partial charge in [-0.15, -0.1) is 0 Å². The van der Waals surface area contributed by atoms with E-state index >= 15 is 0 Å². The summed E-state index contributed by atoms with van der Waals surface area (Å²) < 4.78 is 17.2. The molecule has 0 fully saturated rings. The minimum atomic E-state index is -1.12. The van der Waals surface area contributed by atoms with Crippen molar-refractivity contribution in [1.82, 2.24) is 0 Å². The van der Waals surface area contributed by atoms with Gasteiger partial charge in [-0.25, -0.2) is 0 Å². The molecule has 8 nitrogen and oxygen atoms in total. The van der Waals surface area contributed by atoms with Gasteiger partial charge in [0.25, 0.3) is 0 Å². The van der Waals surface area contributed by atoms with Crippen molar-refractivity contribution in [3.05, 3.63) is 12.2 Å². The summed E-state index contributed by atoms with van der Waals surface area (Å²) in [6.07, 6.45) is 43.8. The van der Waals surface area contributed by atoms with E-state index in [-0.39, 0.29) is 42.7 Å². The van der Waals surface area contributed by atoms with Crippen LogP contribution in [0.4, 0.5) is 0 Å². The Labute approximate surface area is 352 Å². The summed E-state index contributed by atoms with van der Waals surface area (Å²) in [4.78, 5) is 36.9. The van der Waals surface area contributed by atoms with E-state index in [1.165, 1.54) is 161 Å². The minimum absolute atomic E-state index is 0.0452. The zero-order valence-electron chi connectivity index (χ0n) is 38.3. The number of quaternary nitrogens is 1. The first-order valence-corrected chi connectivity index (χ1v) is 24.2. The monoisotopic (exact) mass is 808 g/mol. The van der Waals surface area contributed by atoms with Gasteiger partial charge in [0.1, 0.15) is 12.6 Å². The third-order valence-corrected chi connectivity index (χ3v) is 11.2. The number of allylic oxidation sites excluding steroid dienone is 2. The quantitative estimate of drug-likeness (QED) is 0.0261. The molecule has 0 N–H and O–H groups in total. The summed E-state index contributed by atoms with van der Waals surface area (Å²) in [5.74, 6) is -1.72. The maximum atomic E-state index is 12.7. The van der Waals surface area contributed by atoms with Gasteiger partial charge in [-0.2, -0.15) is 0 Å². The molecular weight excluding hydrogens is 715 g/mol. The predicted octanol–water partition coefficient (Wildman–Crippen LogP) is 12.1. The number of hydrogen-bond donors (Lipinski definition) is 0. The summed E-state index contributed by atoms with van der Waals surface area (Å²) in [5, 5.41) is 11.6. The van der Waals surface area contributed by atoms with Crippen LogP contribution >= 0.6 is 0 Å². The lowest BCUT2D eigenvalue weighted by atomic mass is 10.0. The van der Waals surface area contributed by atoms with Gasteiger partial charge in [-0.1, -0.05) is 187 Å². The second-order valence-corrected chi connectivity index (χ2v) is 17.7. The van der Waals surface area contributed by atoms with E-state index in [1.54, 1.807) is 21.1 Å². The van der Waals surface area contributed by atoms with Gasteiger partial charge in [0, 0.05) is 19.3 Å². The Morgan fingerprint density at radius 1 is 0.509 bits per heavy atom. The Morgan fingerprint density at radius 2 is 0.877 bits per heavy atom. The molecule has 0 saturated carbocycles. The van der Waals surface area contributed by atoms with E-state index in [2.05, 4.69) is 26.0 Å². The number of esters is 2. The first kappa shape index (κ1) is 55.1. The number of carbonyl (C=O) groups is 3. The maximum absolute atomic E-state index is 12.7. The summed E-state index contributed by atoms with van der Waals surface area (Å²) in [6, 6.07) is -0.722. The van der Waals surface area contributed by atoms with Gasteiger partial charge < -0.3 is 28.6 Å². The van der Waals surface area contributed by atoms with E-state index in [9.17, 15) is 19.5 Å². The highest BCUT2D eigenvalue weighted by Gasteiger charge is 2.25. The zero-order chi connectivity index (χ0) is 42.1. The molecule has 0 aromatic carbocycles. The first-order valence-electron chi connectivity index (χ1n) is 24.2. The number of unbranched alkanes of at least 4 members (excludes halogenated alkanes) is 28. The van der Waals surface area contributed by atoms with Crippen LogP contribution < -0.4 is 5.11 Å². The van der Waals surface area contributed by atoms with Crippen LogP contribution in [-0.2, 0) is 28.6 Å². The SMILES string of the molecule is CCCCCCCCCCCC/C=C/CCCCCCCCCC(=O)OCC(COCCC(C(=O)[O-])[N+](C)(C)C)OC(=O)CCCCCCCCCCCCCC. The average molecular weight is 808 g/mol. The molecule has 0 aliphatic carbocycles. The van der Waals surface area contributed by atoms with Crippen molar-refractivity contribution < 1.29 is 38.2 Å². The molecule has 2 atom stereocenters. The first-order chi connectivity index (χ1) is 27.6. The molecule has 0 amide bonds. The van der Waals surface area contributed by atoms with Crippen LogP contribution in [0, 0.1) is 0 Å². The van der Waals surface area contributed by atoms with Gasteiger partial charge in [-0.05, 0) is 38.5 Å². The van der Waals surface area contributed by atoms with Crippen molar-refractivity contribution in [2.45, 2.75) is 244 Å². The van der Waals surface area contributed by atoms with Crippen molar-refractivity contribution in [3.8, 4) is 0 Å². The van der Waals surface area contributed by atoms with E-state index in [4.69, 9.17) is 14.2 Å². The number of aliphatic carboxylic acids is 1. The van der Waals surface area contributed by atoms with E-state index in [0.717, 1.165) is 38.5 Å². The molecule has 0 heterocycles. The Balaban J connectivity index is 4.20. The van der Waals surface area contributed by atoms with Crippen molar-refractivity contribution in [2.75, 3.05) is 41.0 Å². The summed E-state index contributed by atoms with van der Waals surface area (Å²) in [5.41, 5.74) is 0. The third-order valence-electron chi connectivity index (χ3n) is 11.2. The highest BCUT2D eigenvalue weighted by atomic mass is 16.6. The highest BCUT2D eigenvalue weighted by Crippen LogP contribution is 2.16. The van der Waals surface area contributed by atoms with E-state index < -0.39 is 18.1 Å². The normalized spacial score (nSPS) is 12.9. The van der Waals surface area contributed by atoms with Crippen LogP contribution in [0.15, 0.2) is 12.2 Å². The molecule has 2 unspecified atom stereocenters. The summed E-state index contributed by atoms with van der Waals surface area (Å²) in [6.45, 7) is 4.69. The van der Waals surface area contributed by atoms with E-state index in [1.807, 2.05) is 0 Å². The topological polar surface area (TPSA) is 102 Å². The largest absolute Gasteiger partial charge is 0.544 e. The smallest absolute Gasteiger partial charge is 0.306 e. The number of ether oxygens (including phenoxy) is 3. The number of hydrogen-bond acceptors (Lipinski definition) is 7. The predicted molar refractivity (Wildman–Crippen MR) is 236 cm³/mol. The Hall–Kier alpha value is -1.93. The van der Waals surface area contributed by atoms with Crippen molar-refractivity contribution in [2.24, 2.45) is 0 Å². The molecule has 0 saturated heterocycles. The van der Waals surface area contributed by atoms with Crippen LogP contribution in [0.1, 0.15) is 232 Å². The fourth-order valence-electron chi connectivity index (χ4n) is 7.36. The molecule has 0 rings (SSSR count). The molecule has 57 heavy (non-hydrogen) atoms. The molecule has 0 bridgehead atoms. The Morgan fingerprint density at radius 3 is 1.26 bits per heavy atom.